The lowest BCUT2D eigenvalue weighted by atomic mass is 10.2. The number of carbonyl (C=O) groups excluding carboxylic acids is 1. The first-order valence-corrected chi connectivity index (χ1v) is 8.64. The molecule has 0 bridgehead atoms. The number of methoxy groups -OCH3 is 1. The lowest BCUT2D eigenvalue weighted by Crippen LogP contribution is -2.26. The quantitative estimate of drug-likeness (QED) is 0.541. The first-order chi connectivity index (χ1) is 10.7. The first-order valence-electron chi connectivity index (χ1n) is 6.12. The number of benzene rings is 1. The summed E-state index contributed by atoms with van der Waals surface area (Å²) in [7, 11) is -2.66. The third kappa shape index (κ3) is 3.92. The molecule has 0 unspecified atom stereocenters. The number of hydrogen-bond acceptors (Lipinski definition) is 7. The summed E-state index contributed by atoms with van der Waals surface area (Å²) >= 11 is 1.67. The number of ether oxygens (including phenoxy) is 1. The van der Waals surface area contributed by atoms with Crippen molar-refractivity contribution in [2.24, 2.45) is 5.14 Å². The molecule has 1 amide bonds. The molecule has 1 aromatic heterocycles. The molecule has 23 heavy (non-hydrogen) atoms. The molecule has 0 fully saturated rings. The Hall–Kier alpha value is -1.86. The van der Waals surface area contributed by atoms with Crippen molar-refractivity contribution in [3.05, 3.63) is 35.7 Å². The molecule has 2 N–H and O–H groups in total. The van der Waals surface area contributed by atoms with Gasteiger partial charge >= 0.3 is 6.01 Å². The molecule has 0 spiro atoms. The highest BCUT2D eigenvalue weighted by molar-refractivity contribution is 14.1. The van der Waals surface area contributed by atoms with Gasteiger partial charge in [-0.05, 0) is 19.1 Å². The molecule has 2 aromatic rings. The molecule has 0 saturated carbocycles. The second-order valence-electron chi connectivity index (χ2n) is 4.30. The Morgan fingerprint density at radius 3 is 2.52 bits per heavy atom. The van der Waals surface area contributed by atoms with Crippen LogP contribution in [-0.2, 0) is 10.0 Å². The van der Waals surface area contributed by atoms with E-state index in [2.05, 4.69) is 15.0 Å². The highest BCUT2D eigenvalue weighted by atomic mass is 127. The van der Waals surface area contributed by atoms with Crippen LogP contribution >= 0.6 is 22.9 Å². The monoisotopic (exact) mass is 449 g/mol. The predicted molar refractivity (Wildman–Crippen MR) is 89.8 cm³/mol. The number of carbonyl (C=O) groups is 1. The summed E-state index contributed by atoms with van der Waals surface area (Å²) < 4.78 is 29.2. The van der Waals surface area contributed by atoms with Crippen molar-refractivity contribution < 1.29 is 17.9 Å². The summed E-state index contributed by atoms with van der Waals surface area (Å²) in [6.45, 7) is 1.61. The second kappa shape index (κ2) is 6.72. The van der Waals surface area contributed by atoms with E-state index in [1.807, 2.05) is 0 Å². The van der Waals surface area contributed by atoms with Crippen molar-refractivity contribution >= 4 is 44.7 Å². The highest BCUT2D eigenvalue weighted by Crippen LogP contribution is 2.22. The van der Waals surface area contributed by atoms with Crippen molar-refractivity contribution in [2.45, 2.75) is 11.8 Å². The van der Waals surface area contributed by atoms with Gasteiger partial charge in [0.1, 0.15) is 5.82 Å². The van der Waals surface area contributed by atoms with Gasteiger partial charge in [-0.25, -0.2) is 16.7 Å². The normalized spacial score (nSPS) is 11.1. The maximum atomic E-state index is 12.6. The third-order valence-corrected chi connectivity index (χ3v) is 4.51. The van der Waals surface area contributed by atoms with Crippen LogP contribution in [0.5, 0.6) is 6.01 Å². The van der Waals surface area contributed by atoms with Crippen LogP contribution in [0.3, 0.4) is 0 Å². The van der Waals surface area contributed by atoms with E-state index < -0.39 is 15.9 Å². The minimum Gasteiger partial charge on any atom is -0.467 e. The zero-order valence-corrected chi connectivity index (χ0v) is 15.1. The van der Waals surface area contributed by atoms with Crippen molar-refractivity contribution in [3.8, 4) is 6.01 Å². The SMILES string of the molecule is COc1nc(C)nc(N(I)C(=O)c2ccccc2S(N)(=O)=O)n1. The molecule has 0 atom stereocenters. The second-order valence-corrected chi connectivity index (χ2v) is 6.79. The van der Waals surface area contributed by atoms with E-state index >= 15 is 0 Å². The predicted octanol–water partition coefficient (Wildman–Crippen LogP) is 0.833. The van der Waals surface area contributed by atoms with Gasteiger partial charge in [-0.3, -0.25) is 4.79 Å². The molecule has 9 nitrogen and oxygen atoms in total. The topological polar surface area (TPSA) is 128 Å². The smallest absolute Gasteiger partial charge is 0.321 e. The average molecular weight is 449 g/mol. The van der Waals surface area contributed by atoms with E-state index in [1.54, 1.807) is 29.8 Å². The van der Waals surface area contributed by atoms with Crippen LogP contribution in [0, 0.1) is 6.92 Å². The number of aromatic nitrogens is 3. The minimum absolute atomic E-state index is 0.0178. The number of primary sulfonamides is 1. The van der Waals surface area contributed by atoms with Crippen molar-refractivity contribution in [2.75, 3.05) is 10.2 Å². The van der Waals surface area contributed by atoms with Crippen molar-refractivity contribution in [1.29, 1.82) is 0 Å². The Morgan fingerprint density at radius 1 is 1.26 bits per heavy atom. The van der Waals surface area contributed by atoms with Crippen LogP contribution in [0.4, 0.5) is 5.95 Å². The van der Waals surface area contributed by atoms with E-state index in [-0.39, 0.29) is 22.4 Å². The Kier molecular flexibility index (Phi) is 5.11. The third-order valence-electron chi connectivity index (χ3n) is 2.68. The van der Waals surface area contributed by atoms with Crippen molar-refractivity contribution in [1.82, 2.24) is 15.0 Å². The summed E-state index contributed by atoms with van der Waals surface area (Å²) in [4.78, 5) is 24.2. The maximum Gasteiger partial charge on any atom is 0.321 e. The van der Waals surface area contributed by atoms with Gasteiger partial charge < -0.3 is 4.74 Å². The summed E-state index contributed by atoms with van der Waals surface area (Å²) in [6, 6.07) is 5.67. The number of aryl methyl sites for hydroxylation is 1. The highest BCUT2D eigenvalue weighted by Gasteiger charge is 2.25. The molecule has 0 saturated heterocycles. The summed E-state index contributed by atoms with van der Waals surface area (Å²) in [5.41, 5.74) is -0.0820. The van der Waals surface area contributed by atoms with E-state index in [0.29, 0.717) is 5.82 Å². The summed E-state index contributed by atoms with van der Waals surface area (Å²) in [5.74, 6) is -0.270. The standard InChI is InChI=1S/C12H12IN5O4S/c1-7-15-11(17-12(16-7)22-2)18(13)10(19)8-5-3-4-6-9(8)23(14,20)21/h3-6H,1-2H3,(H2,14,20,21). The van der Waals surface area contributed by atoms with Gasteiger partial charge in [0.05, 0.1) is 40.4 Å². The zero-order valence-electron chi connectivity index (χ0n) is 12.1. The number of hydrogen-bond donors (Lipinski definition) is 1. The van der Waals surface area contributed by atoms with Crippen LogP contribution in [0.1, 0.15) is 16.2 Å². The van der Waals surface area contributed by atoms with Crippen LogP contribution in [0.15, 0.2) is 29.2 Å². The summed E-state index contributed by atoms with van der Waals surface area (Å²) in [5, 5.41) is 5.14. The molecule has 0 aliphatic rings. The molecule has 2 rings (SSSR count). The molecule has 122 valence electrons. The van der Waals surface area contributed by atoms with Gasteiger partial charge in [0.2, 0.25) is 16.0 Å². The number of nitrogens with two attached hydrogens (primary N) is 1. The number of rotatable bonds is 4. The zero-order chi connectivity index (χ0) is 17.2. The van der Waals surface area contributed by atoms with Gasteiger partial charge in [-0.2, -0.15) is 15.0 Å². The molecule has 1 aromatic carbocycles. The minimum atomic E-state index is -4.04. The van der Waals surface area contributed by atoms with Gasteiger partial charge in [0.25, 0.3) is 5.91 Å². The van der Waals surface area contributed by atoms with Crippen LogP contribution in [-0.4, -0.2) is 36.4 Å². The number of sulfonamides is 1. The van der Waals surface area contributed by atoms with Crippen LogP contribution in [0.25, 0.3) is 0 Å². The van der Waals surface area contributed by atoms with Gasteiger partial charge in [-0.1, -0.05) is 12.1 Å². The first kappa shape index (κ1) is 17.5. The van der Waals surface area contributed by atoms with E-state index in [9.17, 15) is 13.2 Å². The molecular weight excluding hydrogens is 437 g/mol. The molecular formula is C12H12IN5O4S. The van der Waals surface area contributed by atoms with E-state index in [1.165, 1.54) is 31.4 Å². The molecule has 1 heterocycles. The lowest BCUT2D eigenvalue weighted by Gasteiger charge is -2.15. The average Bonchev–Trinajstić information content (AvgIpc) is 2.52. The maximum absolute atomic E-state index is 12.6. The summed E-state index contributed by atoms with van der Waals surface area (Å²) in [6.07, 6.45) is 0. The molecule has 0 aliphatic carbocycles. The van der Waals surface area contributed by atoms with Gasteiger partial charge in [0.15, 0.2) is 0 Å². The molecule has 11 heteroatoms. The Morgan fingerprint density at radius 2 is 1.91 bits per heavy atom. The Balaban J connectivity index is 2.48. The Labute approximate surface area is 146 Å². The van der Waals surface area contributed by atoms with Crippen LogP contribution < -0.4 is 13.0 Å². The Bertz CT molecular complexity index is 858. The number of anilines is 1. The molecule has 0 aliphatic heterocycles. The lowest BCUT2D eigenvalue weighted by molar-refractivity contribution is 0.101. The van der Waals surface area contributed by atoms with E-state index in [0.717, 1.165) is 3.11 Å². The fourth-order valence-electron chi connectivity index (χ4n) is 1.71. The number of nitrogens with zero attached hydrogens (tertiary/aromatic N) is 4. The number of amides is 1. The largest absolute Gasteiger partial charge is 0.467 e. The fourth-order valence-corrected chi connectivity index (χ4v) is 2.92. The van der Waals surface area contributed by atoms with E-state index in [4.69, 9.17) is 9.88 Å². The number of halogens is 1. The molecule has 0 radical (unpaired) electrons. The van der Waals surface area contributed by atoms with Gasteiger partial charge in [0, 0.05) is 0 Å². The van der Waals surface area contributed by atoms with Crippen LogP contribution in [0.2, 0.25) is 0 Å². The van der Waals surface area contributed by atoms with Gasteiger partial charge in [-0.15, -0.1) is 0 Å². The van der Waals surface area contributed by atoms with Crippen molar-refractivity contribution in [3.63, 3.8) is 0 Å². The fraction of sp³-hybridized carbons (Fsp3) is 0.167.